The van der Waals surface area contributed by atoms with E-state index in [1.165, 1.54) is 19.3 Å². The number of hydrogen-bond donors (Lipinski definition) is 0. The maximum absolute atomic E-state index is 12.2. The summed E-state index contributed by atoms with van der Waals surface area (Å²) in [4.78, 5) is 16.5. The van der Waals surface area contributed by atoms with Crippen LogP contribution < -0.4 is 4.90 Å². The van der Waals surface area contributed by atoms with Crippen LogP contribution in [0.15, 0.2) is 10.7 Å². The van der Waals surface area contributed by atoms with Crippen molar-refractivity contribution in [3.63, 3.8) is 0 Å². The first-order valence-electron chi connectivity index (χ1n) is 10.5. The summed E-state index contributed by atoms with van der Waals surface area (Å²) >= 11 is 3.75. The average Bonchev–Trinajstić information content (AvgIpc) is 2.83. The third-order valence-electron chi connectivity index (χ3n) is 6.49. The van der Waals surface area contributed by atoms with Crippen molar-refractivity contribution in [1.82, 2.24) is 14.7 Å². The highest BCUT2D eigenvalue weighted by Gasteiger charge is 2.55. The van der Waals surface area contributed by atoms with Crippen molar-refractivity contribution < 1.29 is 9.53 Å². The quantitative estimate of drug-likeness (QED) is 0.634. The predicted octanol–water partition coefficient (Wildman–Crippen LogP) is 4.99. The van der Waals surface area contributed by atoms with Crippen LogP contribution in [-0.4, -0.2) is 51.5 Å². The van der Waals surface area contributed by atoms with Crippen LogP contribution in [-0.2, 0) is 4.74 Å². The summed E-state index contributed by atoms with van der Waals surface area (Å²) in [5.74, 6) is 1.08. The summed E-state index contributed by atoms with van der Waals surface area (Å²) in [6, 6.07) is 0.429. The fourth-order valence-corrected chi connectivity index (χ4v) is 5.49. The highest BCUT2D eigenvalue weighted by atomic mass is 79.9. The molecule has 3 fully saturated rings. The van der Waals surface area contributed by atoms with Crippen LogP contribution in [0.25, 0.3) is 0 Å². The van der Waals surface area contributed by atoms with Crippen LogP contribution in [0, 0.1) is 5.41 Å². The summed E-state index contributed by atoms with van der Waals surface area (Å²) in [6.45, 7) is 13.1. The summed E-state index contributed by atoms with van der Waals surface area (Å²) in [7, 11) is 0. The highest BCUT2D eigenvalue weighted by Crippen LogP contribution is 2.54. The van der Waals surface area contributed by atoms with Crippen LogP contribution in [0.5, 0.6) is 0 Å². The van der Waals surface area contributed by atoms with Gasteiger partial charge in [0.25, 0.3) is 0 Å². The fourth-order valence-electron chi connectivity index (χ4n) is 4.99. The molecular formula is C21H33BrN4O2. The summed E-state index contributed by atoms with van der Waals surface area (Å²) in [6.07, 6.45) is 7.86. The molecule has 6 nitrogen and oxygen atoms in total. The zero-order chi connectivity index (χ0) is 20.3. The van der Waals surface area contributed by atoms with Crippen molar-refractivity contribution in [2.75, 3.05) is 24.5 Å². The smallest absolute Gasteiger partial charge is 0.410 e. The lowest BCUT2D eigenvalue weighted by molar-refractivity contribution is -0.0927. The van der Waals surface area contributed by atoms with Crippen LogP contribution in [0.4, 0.5) is 10.6 Å². The van der Waals surface area contributed by atoms with Crippen molar-refractivity contribution >= 4 is 27.8 Å². The minimum Gasteiger partial charge on any atom is -0.444 e. The van der Waals surface area contributed by atoms with E-state index in [9.17, 15) is 4.79 Å². The van der Waals surface area contributed by atoms with E-state index >= 15 is 0 Å². The SMILES string of the molecule is CC(C)(C)OC(=O)N1CC2(CC(n3cc(Br)c(N4CCCCC4(C)C)n3)C2)C1. The van der Waals surface area contributed by atoms with Crippen LogP contribution >= 0.6 is 15.9 Å². The number of amides is 1. The lowest BCUT2D eigenvalue weighted by Crippen LogP contribution is -2.64. The summed E-state index contributed by atoms with van der Waals surface area (Å²) in [5, 5.41) is 4.97. The monoisotopic (exact) mass is 452 g/mol. The van der Waals surface area contributed by atoms with E-state index in [0.29, 0.717) is 6.04 Å². The fraction of sp³-hybridized carbons (Fsp3) is 0.810. The van der Waals surface area contributed by atoms with Crippen LogP contribution in [0.1, 0.15) is 72.8 Å². The highest BCUT2D eigenvalue weighted by molar-refractivity contribution is 9.10. The van der Waals surface area contributed by atoms with Gasteiger partial charge in [0.1, 0.15) is 5.60 Å². The number of hydrogen-bond acceptors (Lipinski definition) is 4. The Morgan fingerprint density at radius 3 is 2.54 bits per heavy atom. The molecule has 0 bridgehead atoms. The number of anilines is 1. The molecule has 3 heterocycles. The Labute approximate surface area is 176 Å². The zero-order valence-corrected chi connectivity index (χ0v) is 19.4. The van der Waals surface area contributed by atoms with Crippen molar-refractivity contribution in [3.8, 4) is 0 Å². The maximum Gasteiger partial charge on any atom is 0.410 e. The van der Waals surface area contributed by atoms with Crippen molar-refractivity contribution in [3.05, 3.63) is 10.7 Å². The molecule has 1 saturated carbocycles. The number of likely N-dealkylation sites (tertiary alicyclic amines) is 1. The average molecular weight is 453 g/mol. The first-order valence-corrected chi connectivity index (χ1v) is 11.3. The molecule has 3 aliphatic rings. The largest absolute Gasteiger partial charge is 0.444 e. The Balaban J connectivity index is 1.36. The van der Waals surface area contributed by atoms with E-state index in [1.807, 2.05) is 25.7 Å². The van der Waals surface area contributed by atoms with Crippen molar-refractivity contribution in [2.24, 2.45) is 5.41 Å². The molecular weight excluding hydrogens is 420 g/mol. The van der Waals surface area contributed by atoms with E-state index in [-0.39, 0.29) is 17.0 Å². The first-order chi connectivity index (χ1) is 13.0. The molecule has 0 aromatic carbocycles. The number of rotatable bonds is 2. The summed E-state index contributed by atoms with van der Waals surface area (Å²) in [5.41, 5.74) is -0.00477. The van der Waals surface area contributed by atoms with Crippen molar-refractivity contribution in [2.45, 2.75) is 83.9 Å². The van der Waals surface area contributed by atoms with Gasteiger partial charge in [0.05, 0.1) is 10.5 Å². The van der Waals surface area contributed by atoms with Gasteiger partial charge in [0, 0.05) is 36.8 Å². The molecule has 28 heavy (non-hydrogen) atoms. The number of carbonyl (C=O) groups excluding carboxylic acids is 1. The van der Waals surface area contributed by atoms with Gasteiger partial charge >= 0.3 is 6.09 Å². The third-order valence-corrected chi connectivity index (χ3v) is 7.05. The minimum absolute atomic E-state index is 0.155. The molecule has 2 aliphatic heterocycles. The molecule has 0 unspecified atom stereocenters. The molecule has 1 aromatic heterocycles. The lowest BCUT2D eigenvalue weighted by atomic mass is 9.61. The Bertz CT molecular complexity index is 753. The number of ether oxygens (including phenoxy) is 1. The molecule has 1 aromatic rings. The second-order valence-electron chi connectivity index (χ2n) is 10.6. The Morgan fingerprint density at radius 1 is 1.25 bits per heavy atom. The van der Waals surface area contributed by atoms with Crippen LogP contribution in [0.2, 0.25) is 0 Å². The van der Waals surface area contributed by atoms with Crippen LogP contribution in [0.3, 0.4) is 0 Å². The summed E-state index contributed by atoms with van der Waals surface area (Å²) < 4.78 is 8.71. The number of carbonyl (C=O) groups is 1. The molecule has 7 heteroatoms. The Hall–Kier alpha value is -1.24. The lowest BCUT2D eigenvalue weighted by Gasteiger charge is -2.58. The molecule has 0 radical (unpaired) electrons. The standard InChI is InChI=1S/C21H33BrN4O2/c1-19(2,3)28-18(27)24-13-21(14-24)10-15(11-21)26-12-16(22)17(23-26)25-9-7-6-8-20(25,4)5/h12,15H,6-11,13-14H2,1-5H3. The molecule has 1 amide bonds. The van der Waals surface area contributed by atoms with Gasteiger partial charge < -0.3 is 14.5 Å². The second-order valence-corrected chi connectivity index (χ2v) is 11.5. The molecule has 2 saturated heterocycles. The van der Waals surface area contributed by atoms with Gasteiger partial charge in [-0.05, 0) is 82.7 Å². The third kappa shape index (κ3) is 3.66. The van der Waals surface area contributed by atoms with E-state index in [1.54, 1.807) is 0 Å². The molecule has 0 atom stereocenters. The zero-order valence-electron chi connectivity index (χ0n) is 17.8. The Morgan fingerprint density at radius 2 is 1.93 bits per heavy atom. The van der Waals surface area contributed by atoms with Gasteiger partial charge in [-0.3, -0.25) is 4.68 Å². The van der Waals surface area contributed by atoms with Gasteiger partial charge in [-0.1, -0.05) is 0 Å². The number of piperidine rings is 1. The molecule has 156 valence electrons. The normalized spacial score (nSPS) is 24.1. The van der Waals surface area contributed by atoms with Gasteiger partial charge in [-0.25, -0.2) is 4.79 Å². The van der Waals surface area contributed by atoms with Gasteiger partial charge in [0.2, 0.25) is 0 Å². The van der Waals surface area contributed by atoms with E-state index in [0.717, 1.165) is 42.8 Å². The Kier molecular flexibility index (Phi) is 4.76. The van der Waals surface area contributed by atoms with Gasteiger partial charge in [0.15, 0.2) is 5.82 Å². The topological polar surface area (TPSA) is 50.6 Å². The maximum atomic E-state index is 12.2. The number of nitrogens with zero attached hydrogens (tertiary/aromatic N) is 4. The van der Waals surface area contributed by atoms with E-state index < -0.39 is 5.60 Å². The van der Waals surface area contributed by atoms with Gasteiger partial charge in [-0.15, -0.1) is 0 Å². The molecule has 1 spiro atoms. The molecule has 0 N–H and O–H groups in total. The predicted molar refractivity (Wildman–Crippen MR) is 114 cm³/mol. The molecule has 4 rings (SSSR count). The van der Waals surface area contributed by atoms with Gasteiger partial charge in [-0.2, -0.15) is 5.10 Å². The minimum atomic E-state index is -0.429. The molecule has 1 aliphatic carbocycles. The van der Waals surface area contributed by atoms with E-state index in [2.05, 4.69) is 45.6 Å². The number of halogens is 1. The van der Waals surface area contributed by atoms with Crippen molar-refractivity contribution in [1.29, 1.82) is 0 Å². The first kappa shape index (κ1) is 20.0. The number of aromatic nitrogens is 2. The van der Waals surface area contributed by atoms with E-state index in [4.69, 9.17) is 9.84 Å². The second kappa shape index (κ2) is 6.64.